The molecule has 1 aromatic heterocycles. The summed E-state index contributed by atoms with van der Waals surface area (Å²) in [6, 6.07) is 1.31. The molecule has 4 nitrogen and oxygen atoms in total. The number of hydrogen-bond donors (Lipinski definition) is 0. The van der Waals surface area contributed by atoms with Crippen LogP contribution in [-0.4, -0.2) is 14.5 Å². The molecule has 0 atom stereocenters. The fraction of sp³-hybridized carbons (Fsp3) is 0.600. The molecule has 0 amide bonds. The van der Waals surface area contributed by atoms with E-state index in [1.807, 2.05) is 0 Å². The van der Waals surface area contributed by atoms with Crippen molar-refractivity contribution in [1.82, 2.24) is 0 Å². The molecule has 6 heteroatoms. The number of furan rings is 1. The highest BCUT2D eigenvalue weighted by atomic mass is 35.5. The lowest BCUT2D eigenvalue weighted by Crippen LogP contribution is -2.21. The van der Waals surface area contributed by atoms with Crippen LogP contribution in [0.3, 0.4) is 0 Å². The van der Waals surface area contributed by atoms with Crippen molar-refractivity contribution in [3.8, 4) is 0 Å². The van der Waals surface area contributed by atoms with Crippen LogP contribution in [0.4, 0.5) is 0 Å². The maximum Gasteiger partial charge on any atom is 0.302 e. The summed E-state index contributed by atoms with van der Waals surface area (Å²) in [5.41, 5.74) is 0. The van der Waals surface area contributed by atoms with E-state index in [2.05, 4.69) is 0 Å². The molecular weight excluding hydrogens is 252 g/mol. The van der Waals surface area contributed by atoms with Crippen LogP contribution in [0.2, 0.25) is 5.22 Å². The van der Waals surface area contributed by atoms with Crippen molar-refractivity contribution in [1.29, 1.82) is 0 Å². The zero-order chi connectivity index (χ0) is 11.6. The van der Waals surface area contributed by atoms with Crippen molar-refractivity contribution in [2.45, 2.75) is 43.1 Å². The highest BCUT2D eigenvalue weighted by molar-refractivity contribution is 7.86. The first-order valence-electron chi connectivity index (χ1n) is 5.26. The maximum absolute atomic E-state index is 11.8. The van der Waals surface area contributed by atoms with E-state index in [1.165, 1.54) is 12.3 Å². The van der Waals surface area contributed by atoms with Gasteiger partial charge in [0, 0.05) is 0 Å². The Morgan fingerprint density at radius 1 is 1.31 bits per heavy atom. The highest BCUT2D eigenvalue weighted by Gasteiger charge is 2.26. The van der Waals surface area contributed by atoms with Gasteiger partial charge < -0.3 is 4.42 Å². The molecule has 0 saturated heterocycles. The van der Waals surface area contributed by atoms with E-state index < -0.39 is 10.1 Å². The second-order valence-electron chi connectivity index (χ2n) is 3.87. The Bertz CT molecular complexity index is 445. The van der Waals surface area contributed by atoms with Crippen molar-refractivity contribution in [3.63, 3.8) is 0 Å². The van der Waals surface area contributed by atoms with Crippen molar-refractivity contribution in [2.24, 2.45) is 0 Å². The van der Waals surface area contributed by atoms with Crippen molar-refractivity contribution in [3.05, 3.63) is 17.5 Å². The second kappa shape index (κ2) is 4.77. The molecule has 0 aromatic carbocycles. The van der Waals surface area contributed by atoms with Crippen LogP contribution in [0, 0.1) is 0 Å². The van der Waals surface area contributed by atoms with Gasteiger partial charge in [0.25, 0.3) is 0 Å². The van der Waals surface area contributed by atoms with E-state index in [0.717, 1.165) is 32.1 Å². The van der Waals surface area contributed by atoms with E-state index in [1.54, 1.807) is 0 Å². The van der Waals surface area contributed by atoms with Crippen LogP contribution in [0.1, 0.15) is 32.1 Å². The first kappa shape index (κ1) is 12.0. The van der Waals surface area contributed by atoms with Gasteiger partial charge in [0.05, 0.1) is 12.4 Å². The standard InChI is InChI=1S/C10H13ClO4S/c11-10-9(6-7-14-10)16(12,13)15-8-4-2-1-3-5-8/h6-8H,1-5H2. The van der Waals surface area contributed by atoms with E-state index in [-0.39, 0.29) is 16.2 Å². The third-order valence-corrected chi connectivity index (χ3v) is 4.46. The van der Waals surface area contributed by atoms with E-state index in [0.29, 0.717) is 0 Å². The minimum atomic E-state index is -3.77. The first-order valence-corrected chi connectivity index (χ1v) is 7.04. The molecule has 1 aliphatic rings. The summed E-state index contributed by atoms with van der Waals surface area (Å²) in [5, 5.41) is -0.143. The second-order valence-corrected chi connectivity index (χ2v) is 5.75. The molecule has 0 aliphatic heterocycles. The predicted octanol–water partition coefficient (Wildman–Crippen LogP) is 2.97. The van der Waals surface area contributed by atoms with Crippen LogP contribution in [-0.2, 0) is 14.3 Å². The number of rotatable bonds is 3. The third kappa shape index (κ3) is 2.59. The minimum absolute atomic E-state index is 0.0836. The lowest BCUT2D eigenvalue weighted by molar-refractivity contribution is 0.162. The van der Waals surface area contributed by atoms with Crippen LogP contribution in [0.5, 0.6) is 0 Å². The monoisotopic (exact) mass is 264 g/mol. The zero-order valence-corrected chi connectivity index (χ0v) is 10.3. The lowest BCUT2D eigenvalue weighted by Gasteiger charge is -2.20. The molecule has 16 heavy (non-hydrogen) atoms. The molecule has 1 aliphatic carbocycles. The summed E-state index contributed by atoms with van der Waals surface area (Å²) < 4.78 is 33.5. The van der Waals surface area contributed by atoms with Crippen molar-refractivity contribution >= 4 is 21.7 Å². The average molecular weight is 265 g/mol. The molecule has 1 heterocycles. The fourth-order valence-electron chi connectivity index (χ4n) is 1.85. The number of hydrogen-bond acceptors (Lipinski definition) is 4. The average Bonchev–Trinajstić information content (AvgIpc) is 2.66. The highest BCUT2D eigenvalue weighted by Crippen LogP contribution is 2.28. The van der Waals surface area contributed by atoms with E-state index >= 15 is 0 Å². The minimum Gasteiger partial charge on any atom is -0.451 e. The van der Waals surface area contributed by atoms with Gasteiger partial charge in [0.1, 0.15) is 0 Å². The number of halogens is 1. The van der Waals surface area contributed by atoms with Crippen LogP contribution in [0.15, 0.2) is 21.6 Å². The molecule has 0 spiro atoms. The van der Waals surface area contributed by atoms with Gasteiger partial charge in [-0.1, -0.05) is 19.3 Å². The zero-order valence-electron chi connectivity index (χ0n) is 8.69. The quantitative estimate of drug-likeness (QED) is 0.788. The van der Waals surface area contributed by atoms with Gasteiger partial charge in [0.2, 0.25) is 5.22 Å². The third-order valence-electron chi connectivity index (χ3n) is 2.67. The molecular formula is C10H13ClO4S. The molecule has 90 valence electrons. The molecule has 1 aromatic rings. The topological polar surface area (TPSA) is 56.5 Å². The SMILES string of the molecule is O=S(=O)(OC1CCCCC1)c1ccoc1Cl. The summed E-state index contributed by atoms with van der Waals surface area (Å²) in [6.07, 6.45) is 5.76. The predicted molar refractivity (Wildman–Crippen MR) is 58.9 cm³/mol. The lowest BCUT2D eigenvalue weighted by atomic mass is 9.98. The van der Waals surface area contributed by atoms with Gasteiger partial charge in [-0.2, -0.15) is 8.42 Å². The van der Waals surface area contributed by atoms with Gasteiger partial charge >= 0.3 is 10.1 Å². The molecule has 1 saturated carbocycles. The summed E-state index contributed by atoms with van der Waals surface area (Å²) >= 11 is 5.62. The Morgan fingerprint density at radius 3 is 2.56 bits per heavy atom. The summed E-state index contributed by atoms with van der Waals surface area (Å²) in [5.74, 6) is 0. The Balaban J connectivity index is 2.11. The van der Waals surface area contributed by atoms with Gasteiger partial charge in [-0.3, -0.25) is 4.18 Å². The van der Waals surface area contributed by atoms with Gasteiger partial charge in [-0.15, -0.1) is 0 Å². The summed E-state index contributed by atoms with van der Waals surface area (Å²) in [4.78, 5) is -0.0836. The maximum atomic E-state index is 11.8. The van der Waals surface area contributed by atoms with E-state index in [9.17, 15) is 8.42 Å². The Hall–Kier alpha value is -0.520. The van der Waals surface area contributed by atoms with Gasteiger partial charge in [-0.05, 0) is 30.5 Å². The van der Waals surface area contributed by atoms with E-state index in [4.69, 9.17) is 20.2 Å². The largest absolute Gasteiger partial charge is 0.451 e. The fourth-order valence-corrected chi connectivity index (χ4v) is 3.37. The normalized spacial score (nSPS) is 18.8. The Morgan fingerprint density at radius 2 is 2.00 bits per heavy atom. The molecule has 2 rings (SSSR count). The molecule has 0 bridgehead atoms. The van der Waals surface area contributed by atoms with Crippen molar-refractivity contribution in [2.75, 3.05) is 0 Å². The summed E-state index contributed by atoms with van der Waals surface area (Å²) in [6.45, 7) is 0. The molecule has 0 N–H and O–H groups in total. The Kier molecular flexibility index (Phi) is 3.56. The first-order chi connectivity index (χ1) is 7.59. The molecule has 0 radical (unpaired) electrons. The molecule has 0 unspecified atom stereocenters. The molecule has 1 fully saturated rings. The van der Waals surface area contributed by atoms with Crippen LogP contribution >= 0.6 is 11.6 Å². The van der Waals surface area contributed by atoms with Gasteiger partial charge in [-0.25, -0.2) is 0 Å². The smallest absolute Gasteiger partial charge is 0.302 e. The van der Waals surface area contributed by atoms with Crippen LogP contribution < -0.4 is 0 Å². The van der Waals surface area contributed by atoms with Crippen LogP contribution in [0.25, 0.3) is 0 Å². The van der Waals surface area contributed by atoms with Gasteiger partial charge in [0.15, 0.2) is 4.90 Å². The Labute approximate surface area is 99.7 Å². The van der Waals surface area contributed by atoms with Crippen molar-refractivity contribution < 1.29 is 17.0 Å². The summed E-state index contributed by atoms with van der Waals surface area (Å²) in [7, 11) is -3.77.